The van der Waals surface area contributed by atoms with E-state index in [0.717, 1.165) is 6.07 Å². The summed E-state index contributed by atoms with van der Waals surface area (Å²) in [6, 6.07) is 4.31. The summed E-state index contributed by atoms with van der Waals surface area (Å²) >= 11 is -0.344. The molecule has 0 amide bonds. The van der Waals surface area contributed by atoms with Gasteiger partial charge in [-0.15, -0.1) is 0 Å². The first-order chi connectivity index (χ1) is 4.75. The third-order valence-corrected chi connectivity index (χ3v) is 3.10. The van der Waals surface area contributed by atoms with Gasteiger partial charge >= 0.3 is 68.3 Å². The third kappa shape index (κ3) is 1.45. The molecular weight excluding hydrogens is 249 g/mol. The Hall–Kier alpha value is -0.190. The molecule has 0 radical (unpaired) electrons. The zero-order valence-corrected chi connectivity index (χ0v) is 7.52. The summed E-state index contributed by atoms with van der Waals surface area (Å²) in [7, 11) is 0. The fraction of sp³-hybridized carbons (Fsp3) is 0.143. The normalized spacial score (nSPS) is 10.3. The molecule has 0 aliphatic rings. The van der Waals surface area contributed by atoms with Crippen LogP contribution < -0.4 is 21.2 Å². The number of benzene rings is 1. The molecule has 0 atom stereocenters. The van der Waals surface area contributed by atoms with E-state index in [1.165, 1.54) is 6.07 Å². The Bertz CT molecular complexity index is 235. The molecular formula is C7H6F2I-. The van der Waals surface area contributed by atoms with Crippen LogP contribution in [0.1, 0.15) is 0 Å². The summed E-state index contributed by atoms with van der Waals surface area (Å²) in [5.74, 6) is -1.41. The maximum atomic E-state index is 12.7. The molecule has 10 heavy (non-hydrogen) atoms. The predicted molar refractivity (Wildman–Crippen MR) is 31.0 cm³/mol. The molecule has 0 saturated heterocycles. The zero-order valence-electron chi connectivity index (χ0n) is 5.37. The molecule has 0 fully saturated rings. The molecule has 0 aliphatic heterocycles. The first-order valence-corrected chi connectivity index (χ1v) is 5.93. The second-order valence-electron chi connectivity index (χ2n) is 1.72. The van der Waals surface area contributed by atoms with Crippen molar-refractivity contribution in [2.24, 2.45) is 0 Å². The van der Waals surface area contributed by atoms with Crippen LogP contribution in [0.25, 0.3) is 0 Å². The predicted octanol–water partition coefficient (Wildman–Crippen LogP) is -1.15. The fourth-order valence-electron chi connectivity index (χ4n) is 0.623. The molecule has 0 N–H and O–H groups in total. The van der Waals surface area contributed by atoms with E-state index in [0.29, 0.717) is 3.57 Å². The number of hydrogen-bond acceptors (Lipinski definition) is 0. The molecule has 0 saturated carbocycles. The van der Waals surface area contributed by atoms with Crippen LogP contribution in [-0.4, -0.2) is 4.93 Å². The first kappa shape index (κ1) is 7.91. The van der Waals surface area contributed by atoms with Crippen LogP contribution in [0.2, 0.25) is 0 Å². The molecule has 0 unspecified atom stereocenters. The maximum absolute atomic E-state index is 12.7. The van der Waals surface area contributed by atoms with E-state index in [1.54, 1.807) is 6.07 Å². The van der Waals surface area contributed by atoms with Gasteiger partial charge in [-0.2, -0.15) is 0 Å². The van der Waals surface area contributed by atoms with Gasteiger partial charge in [0, 0.05) is 0 Å². The van der Waals surface area contributed by atoms with Crippen LogP contribution in [0.15, 0.2) is 18.2 Å². The molecule has 56 valence electrons. The molecule has 0 aromatic heterocycles. The molecule has 1 aromatic rings. The SMILES string of the molecule is C[I-]c1cccc(F)c1F. The van der Waals surface area contributed by atoms with E-state index in [2.05, 4.69) is 0 Å². The minimum atomic E-state index is -0.737. The second-order valence-corrected chi connectivity index (χ2v) is 3.97. The van der Waals surface area contributed by atoms with Crippen molar-refractivity contribution in [3.05, 3.63) is 33.4 Å². The average molecular weight is 255 g/mol. The molecule has 1 rings (SSSR count). The number of rotatable bonds is 1. The van der Waals surface area contributed by atoms with Gasteiger partial charge in [-0.05, 0) is 0 Å². The van der Waals surface area contributed by atoms with Crippen LogP contribution in [-0.2, 0) is 0 Å². The standard InChI is InChI=1S/C7H6F2I/c1-10-6-4-2-3-5(8)7(6)9/h2-4H,1H3/q-1. The third-order valence-electron chi connectivity index (χ3n) is 1.11. The summed E-state index contributed by atoms with van der Waals surface area (Å²) in [4.78, 5) is 1.90. The fourth-order valence-corrected chi connectivity index (χ4v) is 1.92. The van der Waals surface area contributed by atoms with Crippen molar-refractivity contribution >= 4 is 0 Å². The van der Waals surface area contributed by atoms with E-state index < -0.39 is 11.6 Å². The van der Waals surface area contributed by atoms with Crippen LogP contribution in [0.5, 0.6) is 0 Å². The van der Waals surface area contributed by atoms with Gasteiger partial charge in [0.05, 0.1) is 0 Å². The number of halogens is 3. The molecule has 1 aromatic carbocycles. The van der Waals surface area contributed by atoms with Gasteiger partial charge in [0.1, 0.15) is 0 Å². The van der Waals surface area contributed by atoms with Crippen molar-refractivity contribution in [3.63, 3.8) is 0 Å². The molecule has 3 heteroatoms. The van der Waals surface area contributed by atoms with Crippen molar-refractivity contribution in [2.75, 3.05) is 4.93 Å². The van der Waals surface area contributed by atoms with E-state index in [9.17, 15) is 8.78 Å². The van der Waals surface area contributed by atoms with Crippen molar-refractivity contribution < 1.29 is 30.0 Å². The Morgan fingerprint density at radius 1 is 1.30 bits per heavy atom. The summed E-state index contributed by atoms with van der Waals surface area (Å²) in [5, 5.41) is 0. The summed E-state index contributed by atoms with van der Waals surface area (Å²) in [6.45, 7) is 0. The molecule has 0 spiro atoms. The summed E-state index contributed by atoms with van der Waals surface area (Å²) < 4.78 is 25.6. The first-order valence-electron chi connectivity index (χ1n) is 2.69. The van der Waals surface area contributed by atoms with Crippen molar-refractivity contribution in [1.29, 1.82) is 0 Å². The van der Waals surface area contributed by atoms with Gasteiger partial charge in [-0.1, -0.05) is 0 Å². The number of hydrogen-bond donors (Lipinski definition) is 0. The molecule has 0 heterocycles. The summed E-state index contributed by atoms with van der Waals surface area (Å²) in [5.41, 5.74) is 0. The second kappa shape index (κ2) is 3.27. The van der Waals surface area contributed by atoms with E-state index >= 15 is 0 Å². The van der Waals surface area contributed by atoms with E-state index in [1.807, 2.05) is 4.93 Å². The van der Waals surface area contributed by atoms with Gasteiger partial charge in [-0.25, -0.2) is 0 Å². The van der Waals surface area contributed by atoms with Crippen LogP contribution in [0.3, 0.4) is 0 Å². The summed E-state index contributed by atoms with van der Waals surface area (Å²) in [6.07, 6.45) is 0. The Morgan fingerprint density at radius 2 is 2.00 bits per heavy atom. The van der Waals surface area contributed by atoms with Crippen molar-refractivity contribution in [3.8, 4) is 0 Å². The Balaban J connectivity index is 3.14. The topological polar surface area (TPSA) is 0 Å². The average Bonchev–Trinajstić information content (AvgIpc) is 1.95. The van der Waals surface area contributed by atoms with Gasteiger partial charge in [0.25, 0.3) is 0 Å². The van der Waals surface area contributed by atoms with Crippen molar-refractivity contribution in [2.45, 2.75) is 0 Å². The van der Waals surface area contributed by atoms with E-state index in [4.69, 9.17) is 0 Å². The molecule has 0 aliphatic carbocycles. The number of alkyl halides is 1. The minimum absolute atomic E-state index is 0.344. The van der Waals surface area contributed by atoms with Gasteiger partial charge < -0.3 is 0 Å². The Labute approximate surface area is 68.5 Å². The van der Waals surface area contributed by atoms with Crippen LogP contribution >= 0.6 is 0 Å². The van der Waals surface area contributed by atoms with Crippen LogP contribution in [0, 0.1) is 15.2 Å². The zero-order chi connectivity index (χ0) is 7.56. The van der Waals surface area contributed by atoms with Crippen molar-refractivity contribution in [1.82, 2.24) is 0 Å². The Kier molecular flexibility index (Phi) is 2.59. The molecule has 0 bridgehead atoms. The van der Waals surface area contributed by atoms with E-state index in [-0.39, 0.29) is 21.2 Å². The quantitative estimate of drug-likeness (QED) is 0.338. The Morgan fingerprint density at radius 3 is 2.50 bits per heavy atom. The molecule has 0 nitrogen and oxygen atoms in total. The van der Waals surface area contributed by atoms with Gasteiger partial charge in [-0.3, -0.25) is 0 Å². The van der Waals surface area contributed by atoms with Crippen LogP contribution in [0.4, 0.5) is 8.78 Å². The van der Waals surface area contributed by atoms with Gasteiger partial charge in [0.2, 0.25) is 0 Å². The van der Waals surface area contributed by atoms with Gasteiger partial charge in [0.15, 0.2) is 0 Å². The monoisotopic (exact) mass is 255 g/mol.